The number of hydrogen-bond donors (Lipinski definition) is 1. The average Bonchev–Trinajstić information content (AvgIpc) is 2.66. The minimum atomic E-state index is 0.347. The zero-order chi connectivity index (χ0) is 12.8. The summed E-state index contributed by atoms with van der Waals surface area (Å²) >= 11 is 0. The summed E-state index contributed by atoms with van der Waals surface area (Å²) < 4.78 is 0. The summed E-state index contributed by atoms with van der Waals surface area (Å²) in [7, 11) is 1.99. The number of nitrogens with zero attached hydrogens (tertiary/aromatic N) is 2. The first-order chi connectivity index (χ1) is 8.81. The van der Waals surface area contributed by atoms with Crippen LogP contribution >= 0.6 is 0 Å². The number of rotatable bonds is 4. The molecule has 0 aliphatic carbocycles. The van der Waals surface area contributed by atoms with Crippen molar-refractivity contribution < 1.29 is 4.79 Å². The Morgan fingerprint density at radius 2 is 1.83 bits per heavy atom. The average molecular weight is 253 g/mol. The minimum Gasteiger partial charge on any atom is -0.342 e. The van der Waals surface area contributed by atoms with Crippen LogP contribution in [-0.4, -0.2) is 61.5 Å². The van der Waals surface area contributed by atoms with Gasteiger partial charge in [-0.3, -0.25) is 9.69 Å². The molecule has 2 saturated heterocycles. The second kappa shape index (κ2) is 7.10. The monoisotopic (exact) mass is 253 g/mol. The molecule has 0 aromatic heterocycles. The highest BCUT2D eigenvalue weighted by Crippen LogP contribution is 2.17. The summed E-state index contributed by atoms with van der Waals surface area (Å²) in [4.78, 5) is 16.8. The van der Waals surface area contributed by atoms with Crippen molar-refractivity contribution in [2.45, 2.75) is 44.6 Å². The van der Waals surface area contributed by atoms with Gasteiger partial charge in [0, 0.05) is 25.7 Å². The predicted octanol–water partition coefficient (Wildman–Crippen LogP) is 1.07. The van der Waals surface area contributed by atoms with Crippen molar-refractivity contribution in [3.8, 4) is 0 Å². The summed E-state index contributed by atoms with van der Waals surface area (Å²) in [5, 5.41) is 3.24. The highest BCUT2D eigenvalue weighted by molar-refractivity contribution is 5.78. The van der Waals surface area contributed by atoms with Gasteiger partial charge in [-0.25, -0.2) is 0 Å². The maximum Gasteiger partial charge on any atom is 0.236 e. The highest BCUT2D eigenvalue weighted by atomic mass is 16.2. The van der Waals surface area contributed by atoms with E-state index >= 15 is 0 Å². The fourth-order valence-corrected chi connectivity index (χ4v) is 3.16. The van der Waals surface area contributed by atoms with Crippen LogP contribution < -0.4 is 5.32 Å². The third kappa shape index (κ3) is 3.69. The van der Waals surface area contributed by atoms with Crippen molar-refractivity contribution in [1.29, 1.82) is 0 Å². The molecule has 1 unspecified atom stereocenters. The lowest BCUT2D eigenvalue weighted by Crippen LogP contribution is -2.45. The zero-order valence-electron chi connectivity index (χ0n) is 11.7. The number of carbonyl (C=O) groups excluding carboxylic acids is 1. The Balaban J connectivity index is 1.81. The Bertz CT molecular complexity index is 262. The molecule has 2 rings (SSSR count). The third-order valence-electron chi connectivity index (χ3n) is 4.24. The van der Waals surface area contributed by atoms with Gasteiger partial charge in [-0.15, -0.1) is 0 Å². The summed E-state index contributed by atoms with van der Waals surface area (Å²) in [5.74, 6) is 0.347. The molecule has 0 saturated carbocycles. The molecule has 4 heteroatoms. The van der Waals surface area contributed by atoms with Crippen LogP contribution in [-0.2, 0) is 4.79 Å². The molecule has 4 nitrogen and oxygen atoms in total. The molecular weight excluding hydrogens is 226 g/mol. The molecule has 2 heterocycles. The summed E-state index contributed by atoms with van der Waals surface area (Å²) in [6, 6.07) is 0.561. The van der Waals surface area contributed by atoms with Crippen LogP contribution in [0.5, 0.6) is 0 Å². The Morgan fingerprint density at radius 3 is 2.50 bits per heavy atom. The lowest BCUT2D eigenvalue weighted by Gasteiger charge is -2.27. The Hall–Kier alpha value is -0.610. The van der Waals surface area contributed by atoms with Gasteiger partial charge in [-0.2, -0.15) is 0 Å². The highest BCUT2D eigenvalue weighted by Gasteiger charge is 2.27. The number of carbonyl (C=O) groups is 1. The molecular formula is C14H27N3O. The molecule has 1 amide bonds. The predicted molar refractivity (Wildman–Crippen MR) is 73.6 cm³/mol. The van der Waals surface area contributed by atoms with Crippen LogP contribution in [0, 0.1) is 0 Å². The minimum absolute atomic E-state index is 0.347. The van der Waals surface area contributed by atoms with Crippen molar-refractivity contribution in [1.82, 2.24) is 15.1 Å². The zero-order valence-corrected chi connectivity index (χ0v) is 11.7. The van der Waals surface area contributed by atoms with E-state index in [9.17, 15) is 4.79 Å². The number of amides is 1. The molecule has 0 aromatic carbocycles. The van der Waals surface area contributed by atoms with Gasteiger partial charge in [0.15, 0.2) is 0 Å². The standard InChI is InChI=1S/C14H27N3O/c1-15-11-13-7-6-10-17(13)12-14(18)16-8-4-2-3-5-9-16/h13,15H,2-12H2,1H3. The molecule has 0 spiro atoms. The van der Waals surface area contributed by atoms with Crippen LogP contribution in [0.2, 0.25) is 0 Å². The smallest absolute Gasteiger partial charge is 0.236 e. The van der Waals surface area contributed by atoms with Gasteiger partial charge in [0.2, 0.25) is 5.91 Å². The lowest BCUT2D eigenvalue weighted by molar-refractivity contribution is -0.132. The van der Waals surface area contributed by atoms with Crippen LogP contribution in [0.25, 0.3) is 0 Å². The molecule has 0 aromatic rings. The topological polar surface area (TPSA) is 35.6 Å². The van der Waals surface area contributed by atoms with Gasteiger partial charge in [0.1, 0.15) is 0 Å². The number of likely N-dealkylation sites (N-methyl/N-ethyl adjacent to an activating group) is 1. The first-order valence-corrected chi connectivity index (χ1v) is 7.47. The van der Waals surface area contributed by atoms with E-state index < -0.39 is 0 Å². The maximum absolute atomic E-state index is 12.3. The van der Waals surface area contributed by atoms with Crippen molar-refractivity contribution in [3.05, 3.63) is 0 Å². The maximum atomic E-state index is 12.3. The van der Waals surface area contributed by atoms with Crippen molar-refractivity contribution >= 4 is 5.91 Å². The van der Waals surface area contributed by atoms with Crippen LogP contribution in [0.15, 0.2) is 0 Å². The van der Waals surface area contributed by atoms with E-state index in [1.165, 1.54) is 38.5 Å². The summed E-state index contributed by atoms with van der Waals surface area (Å²) in [6.07, 6.45) is 7.41. The van der Waals surface area contributed by atoms with Gasteiger partial charge < -0.3 is 10.2 Å². The molecule has 2 aliphatic rings. The molecule has 1 N–H and O–H groups in total. The molecule has 18 heavy (non-hydrogen) atoms. The molecule has 1 atom stereocenters. The normalized spacial score (nSPS) is 26.3. The molecule has 104 valence electrons. The van der Waals surface area contributed by atoms with E-state index in [1.807, 2.05) is 7.05 Å². The second-order valence-electron chi connectivity index (χ2n) is 5.62. The van der Waals surface area contributed by atoms with E-state index in [2.05, 4.69) is 15.1 Å². The fourth-order valence-electron chi connectivity index (χ4n) is 3.16. The van der Waals surface area contributed by atoms with Gasteiger partial charge in [-0.05, 0) is 39.3 Å². The van der Waals surface area contributed by atoms with Gasteiger partial charge in [-0.1, -0.05) is 12.8 Å². The van der Waals surface area contributed by atoms with Crippen LogP contribution in [0.1, 0.15) is 38.5 Å². The molecule has 2 aliphatic heterocycles. The van der Waals surface area contributed by atoms with E-state index in [0.29, 0.717) is 18.5 Å². The second-order valence-corrected chi connectivity index (χ2v) is 5.62. The van der Waals surface area contributed by atoms with Gasteiger partial charge >= 0.3 is 0 Å². The van der Waals surface area contributed by atoms with Crippen molar-refractivity contribution in [3.63, 3.8) is 0 Å². The van der Waals surface area contributed by atoms with Gasteiger partial charge in [0.25, 0.3) is 0 Å². The van der Waals surface area contributed by atoms with E-state index in [1.54, 1.807) is 0 Å². The number of nitrogens with one attached hydrogen (secondary N) is 1. The van der Waals surface area contributed by atoms with E-state index in [0.717, 1.165) is 26.2 Å². The van der Waals surface area contributed by atoms with E-state index in [4.69, 9.17) is 0 Å². The quantitative estimate of drug-likeness (QED) is 0.814. The Labute approximate surface area is 111 Å². The number of hydrogen-bond acceptors (Lipinski definition) is 3. The van der Waals surface area contributed by atoms with Gasteiger partial charge in [0.05, 0.1) is 6.54 Å². The summed E-state index contributed by atoms with van der Waals surface area (Å²) in [5.41, 5.74) is 0. The molecule has 0 radical (unpaired) electrons. The molecule has 0 bridgehead atoms. The lowest BCUT2D eigenvalue weighted by atomic mass is 10.2. The molecule has 2 fully saturated rings. The summed E-state index contributed by atoms with van der Waals surface area (Å²) in [6.45, 7) is 4.68. The Morgan fingerprint density at radius 1 is 1.11 bits per heavy atom. The largest absolute Gasteiger partial charge is 0.342 e. The van der Waals surface area contributed by atoms with Crippen molar-refractivity contribution in [2.75, 3.05) is 39.8 Å². The Kier molecular flexibility index (Phi) is 5.45. The SMILES string of the molecule is CNCC1CCCN1CC(=O)N1CCCCCC1. The van der Waals surface area contributed by atoms with Crippen molar-refractivity contribution in [2.24, 2.45) is 0 Å². The fraction of sp³-hybridized carbons (Fsp3) is 0.929. The first-order valence-electron chi connectivity index (χ1n) is 7.47. The first kappa shape index (κ1) is 13.8. The third-order valence-corrected chi connectivity index (χ3v) is 4.24. The van der Waals surface area contributed by atoms with Crippen LogP contribution in [0.3, 0.4) is 0 Å². The van der Waals surface area contributed by atoms with E-state index in [-0.39, 0.29) is 0 Å². The van der Waals surface area contributed by atoms with Crippen LogP contribution in [0.4, 0.5) is 0 Å². The number of likely N-dealkylation sites (tertiary alicyclic amines) is 2.